The maximum Gasteiger partial charge on any atom is 0.138 e. The van der Waals surface area contributed by atoms with Crippen LogP contribution in [0.3, 0.4) is 0 Å². The predicted octanol–water partition coefficient (Wildman–Crippen LogP) is 0.169. The van der Waals surface area contributed by atoms with Crippen molar-refractivity contribution >= 4 is 0 Å². The molecule has 0 amide bonds. The van der Waals surface area contributed by atoms with E-state index in [2.05, 4.69) is 27.5 Å². The molecule has 2 heterocycles. The molecule has 0 spiro atoms. The van der Waals surface area contributed by atoms with Crippen molar-refractivity contribution in [3.8, 4) is 0 Å². The van der Waals surface area contributed by atoms with Gasteiger partial charge in [-0.3, -0.25) is 20.6 Å². The van der Waals surface area contributed by atoms with Crippen LogP contribution >= 0.6 is 0 Å². The molecule has 0 fully saturated rings. The zero-order chi connectivity index (χ0) is 13.0. The Morgan fingerprint density at radius 3 is 2.94 bits per heavy atom. The molecular weight excluding hydrogens is 230 g/mol. The molecule has 18 heavy (non-hydrogen) atoms. The molecule has 0 saturated carbocycles. The lowest BCUT2D eigenvalue weighted by Gasteiger charge is -2.13. The fraction of sp³-hybridized carbons (Fsp3) is 0.545. The van der Waals surface area contributed by atoms with Crippen molar-refractivity contribution in [2.24, 2.45) is 12.9 Å². The van der Waals surface area contributed by atoms with Crippen LogP contribution in [0.1, 0.15) is 30.9 Å². The minimum Gasteiger partial charge on any atom is -0.275 e. The first-order chi connectivity index (χ1) is 8.74. The minimum atomic E-state index is -0.0500. The van der Waals surface area contributed by atoms with Gasteiger partial charge in [0.1, 0.15) is 12.2 Å². The van der Waals surface area contributed by atoms with Crippen molar-refractivity contribution in [2.75, 3.05) is 0 Å². The molecule has 0 bridgehead atoms. The quantitative estimate of drug-likeness (QED) is 0.563. The SMILES string of the molecule is CCCn1ncnc1CC(NN)c1ccn(C)n1. The summed E-state index contributed by atoms with van der Waals surface area (Å²) in [6.45, 7) is 2.98. The molecule has 2 rings (SSSR count). The van der Waals surface area contributed by atoms with Crippen molar-refractivity contribution in [1.82, 2.24) is 30.0 Å². The lowest BCUT2D eigenvalue weighted by Crippen LogP contribution is -2.31. The molecule has 0 aromatic carbocycles. The zero-order valence-corrected chi connectivity index (χ0v) is 10.7. The Labute approximate surface area is 106 Å². The standard InChI is InChI=1S/C11H19N7/c1-3-5-18-11(13-8-14-18)7-10(15-12)9-4-6-17(2)16-9/h4,6,8,10,15H,3,5,7,12H2,1-2H3. The van der Waals surface area contributed by atoms with E-state index in [9.17, 15) is 0 Å². The highest BCUT2D eigenvalue weighted by Gasteiger charge is 2.16. The van der Waals surface area contributed by atoms with Gasteiger partial charge in [0.05, 0.1) is 11.7 Å². The van der Waals surface area contributed by atoms with Crippen molar-refractivity contribution in [3.05, 3.63) is 30.1 Å². The topological polar surface area (TPSA) is 86.6 Å². The van der Waals surface area contributed by atoms with E-state index in [1.807, 2.05) is 24.0 Å². The van der Waals surface area contributed by atoms with E-state index in [0.717, 1.165) is 24.5 Å². The average Bonchev–Trinajstić information content (AvgIpc) is 2.96. The summed E-state index contributed by atoms with van der Waals surface area (Å²) in [4.78, 5) is 4.28. The third kappa shape index (κ3) is 2.74. The van der Waals surface area contributed by atoms with Crippen molar-refractivity contribution in [1.29, 1.82) is 0 Å². The number of hydrazine groups is 1. The van der Waals surface area contributed by atoms with Gasteiger partial charge in [-0.15, -0.1) is 0 Å². The van der Waals surface area contributed by atoms with Gasteiger partial charge in [-0.25, -0.2) is 4.98 Å². The Kier molecular flexibility index (Phi) is 4.06. The van der Waals surface area contributed by atoms with Crippen molar-refractivity contribution in [2.45, 2.75) is 32.4 Å². The summed E-state index contributed by atoms with van der Waals surface area (Å²) in [5.41, 5.74) is 3.69. The molecule has 1 unspecified atom stereocenters. The zero-order valence-electron chi connectivity index (χ0n) is 10.7. The Bertz CT molecular complexity index is 487. The lowest BCUT2D eigenvalue weighted by molar-refractivity contribution is 0.487. The highest BCUT2D eigenvalue weighted by atomic mass is 15.3. The van der Waals surface area contributed by atoms with Crippen LogP contribution in [0.4, 0.5) is 0 Å². The summed E-state index contributed by atoms with van der Waals surface area (Å²) in [7, 11) is 1.89. The number of nitrogens with one attached hydrogen (secondary N) is 1. The maximum absolute atomic E-state index is 5.60. The second-order valence-corrected chi connectivity index (χ2v) is 4.24. The van der Waals surface area contributed by atoms with Crippen LogP contribution in [0.5, 0.6) is 0 Å². The van der Waals surface area contributed by atoms with Gasteiger partial charge in [-0.2, -0.15) is 10.2 Å². The van der Waals surface area contributed by atoms with E-state index in [0.29, 0.717) is 6.42 Å². The number of rotatable bonds is 6. The molecule has 0 aliphatic heterocycles. The smallest absolute Gasteiger partial charge is 0.138 e. The van der Waals surface area contributed by atoms with Crippen LogP contribution < -0.4 is 11.3 Å². The van der Waals surface area contributed by atoms with Crippen LogP contribution in [-0.4, -0.2) is 24.5 Å². The van der Waals surface area contributed by atoms with E-state index in [4.69, 9.17) is 5.84 Å². The fourth-order valence-electron chi connectivity index (χ4n) is 1.90. The van der Waals surface area contributed by atoms with E-state index < -0.39 is 0 Å². The molecule has 0 aliphatic carbocycles. The van der Waals surface area contributed by atoms with Crippen LogP contribution in [0, 0.1) is 0 Å². The molecule has 2 aromatic rings. The van der Waals surface area contributed by atoms with Crippen LogP contribution in [0.25, 0.3) is 0 Å². The van der Waals surface area contributed by atoms with E-state index in [-0.39, 0.29) is 6.04 Å². The number of aromatic nitrogens is 5. The van der Waals surface area contributed by atoms with Gasteiger partial charge in [-0.05, 0) is 12.5 Å². The Morgan fingerprint density at radius 2 is 2.33 bits per heavy atom. The molecule has 0 saturated heterocycles. The van der Waals surface area contributed by atoms with Gasteiger partial charge >= 0.3 is 0 Å². The first-order valence-electron chi connectivity index (χ1n) is 6.07. The second kappa shape index (κ2) is 5.74. The van der Waals surface area contributed by atoms with Crippen LogP contribution in [0.2, 0.25) is 0 Å². The van der Waals surface area contributed by atoms with Crippen LogP contribution in [0.15, 0.2) is 18.6 Å². The van der Waals surface area contributed by atoms with Gasteiger partial charge in [0.2, 0.25) is 0 Å². The summed E-state index contributed by atoms with van der Waals surface area (Å²) in [6.07, 6.45) is 5.18. The third-order valence-electron chi connectivity index (χ3n) is 2.81. The summed E-state index contributed by atoms with van der Waals surface area (Å²) in [5.74, 6) is 6.52. The largest absolute Gasteiger partial charge is 0.275 e. The number of nitrogens with zero attached hydrogens (tertiary/aromatic N) is 5. The summed E-state index contributed by atoms with van der Waals surface area (Å²) in [6, 6.07) is 1.90. The molecule has 3 N–H and O–H groups in total. The third-order valence-corrected chi connectivity index (χ3v) is 2.81. The minimum absolute atomic E-state index is 0.0500. The van der Waals surface area contributed by atoms with E-state index in [1.165, 1.54) is 0 Å². The molecule has 2 aromatic heterocycles. The number of hydrogen-bond acceptors (Lipinski definition) is 5. The van der Waals surface area contributed by atoms with Gasteiger partial charge in [0, 0.05) is 26.2 Å². The molecular formula is C11H19N7. The molecule has 0 aliphatic rings. The van der Waals surface area contributed by atoms with Gasteiger partial charge in [0.15, 0.2) is 0 Å². The van der Waals surface area contributed by atoms with E-state index >= 15 is 0 Å². The van der Waals surface area contributed by atoms with Crippen LogP contribution in [-0.2, 0) is 20.0 Å². The molecule has 7 nitrogen and oxygen atoms in total. The van der Waals surface area contributed by atoms with Crippen molar-refractivity contribution in [3.63, 3.8) is 0 Å². The van der Waals surface area contributed by atoms with Crippen molar-refractivity contribution < 1.29 is 0 Å². The molecule has 0 radical (unpaired) electrons. The monoisotopic (exact) mass is 249 g/mol. The Balaban J connectivity index is 2.12. The normalized spacial score (nSPS) is 12.8. The van der Waals surface area contributed by atoms with Gasteiger partial charge < -0.3 is 0 Å². The number of hydrogen-bond donors (Lipinski definition) is 2. The fourth-order valence-corrected chi connectivity index (χ4v) is 1.90. The van der Waals surface area contributed by atoms with Gasteiger partial charge in [0.25, 0.3) is 0 Å². The van der Waals surface area contributed by atoms with Gasteiger partial charge in [-0.1, -0.05) is 6.92 Å². The van der Waals surface area contributed by atoms with E-state index in [1.54, 1.807) is 11.0 Å². The molecule has 7 heteroatoms. The maximum atomic E-state index is 5.60. The number of aryl methyl sites for hydroxylation is 2. The summed E-state index contributed by atoms with van der Waals surface area (Å²) >= 11 is 0. The Hall–Kier alpha value is -1.73. The average molecular weight is 249 g/mol. The first kappa shape index (κ1) is 12.7. The Morgan fingerprint density at radius 1 is 1.50 bits per heavy atom. The first-order valence-corrected chi connectivity index (χ1v) is 6.07. The second-order valence-electron chi connectivity index (χ2n) is 4.24. The summed E-state index contributed by atoms with van der Waals surface area (Å²) in [5, 5.41) is 8.56. The lowest BCUT2D eigenvalue weighted by atomic mass is 10.1. The highest BCUT2D eigenvalue weighted by molar-refractivity contribution is 5.08. The highest BCUT2D eigenvalue weighted by Crippen LogP contribution is 2.14. The number of nitrogens with two attached hydrogens (primary N) is 1. The summed E-state index contributed by atoms with van der Waals surface area (Å²) < 4.78 is 3.67. The molecule has 1 atom stereocenters. The predicted molar refractivity (Wildman–Crippen MR) is 67.3 cm³/mol. The molecule has 98 valence electrons.